The first-order valence-electron chi connectivity index (χ1n) is 18.0. The Hall–Kier alpha value is -4.76. The van der Waals surface area contributed by atoms with E-state index < -0.39 is 0 Å². The van der Waals surface area contributed by atoms with E-state index in [-0.39, 0.29) is 24.2 Å². The minimum atomic E-state index is -0.0796. The minimum Gasteiger partial charge on any atom is -0.298 e. The Morgan fingerprint density at radius 2 is 0.580 bits per heavy atom. The highest BCUT2D eigenvalue weighted by molar-refractivity contribution is 5.46. The molecule has 0 amide bonds. The average Bonchev–Trinajstić information content (AvgIpc) is 3.09. The van der Waals surface area contributed by atoms with Crippen molar-refractivity contribution in [1.82, 2.24) is 10.6 Å². The summed E-state index contributed by atoms with van der Waals surface area (Å²) < 4.78 is 0. The van der Waals surface area contributed by atoms with Gasteiger partial charge in [-0.1, -0.05) is 156 Å². The fourth-order valence-corrected chi connectivity index (χ4v) is 7.74. The molecule has 0 unspecified atom stereocenters. The maximum Gasteiger partial charge on any atom is 0.0587 e. The second kappa shape index (κ2) is 15.4. The van der Waals surface area contributed by atoms with Crippen LogP contribution in [0.1, 0.15) is 102 Å². The van der Waals surface area contributed by atoms with E-state index in [9.17, 15) is 0 Å². The number of hydrogen-bond acceptors (Lipinski definition) is 2. The summed E-state index contributed by atoms with van der Waals surface area (Å²) in [5.41, 5.74) is 18.0. The zero-order chi connectivity index (χ0) is 35.4. The number of rotatable bonds is 11. The number of nitrogens with one attached hydrogen (secondary N) is 2. The molecule has 6 aromatic rings. The molecule has 254 valence electrons. The Kier molecular flexibility index (Phi) is 10.8. The summed E-state index contributed by atoms with van der Waals surface area (Å²) in [7, 11) is 0. The van der Waals surface area contributed by atoms with E-state index in [1.807, 2.05) is 0 Å². The van der Waals surface area contributed by atoms with Crippen molar-refractivity contribution in [1.29, 1.82) is 0 Å². The predicted molar refractivity (Wildman–Crippen MR) is 212 cm³/mol. The molecule has 2 atom stereocenters. The lowest BCUT2D eigenvalue weighted by Crippen LogP contribution is -2.40. The normalized spacial score (nSPS) is 12.8. The first kappa shape index (κ1) is 35.1. The van der Waals surface area contributed by atoms with Crippen LogP contribution in [0.3, 0.4) is 0 Å². The van der Waals surface area contributed by atoms with Crippen LogP contribution in [0.25, 0.3) is 0 Å². The van der Waals surface area contributed by atoms with Crippen molar-refractivity contribution in [2.45, 2.75) is 79.6 Å². The van der Waals surface area contributed by atoms with Crippen LogP contribution in [0.4, 0.5) is 0 Å². The second-order valence-corrected chi connectivity index (χ2v) is 14.4. The summed E-state index contributed by atoms with van der Waals surface area (Å²) in [6.07, 6.45) is 0. The third kappa shape index (κ3) is 7.83. The molecule has 0 fully saturated rings. The lowest BCUT2D eigenvalue weighted by molar-refractivity contribution is 0.345. The van der Waals surface area contributed by atoms with Crippen molar-refractivity contribution in [3.05, 3.63) is 211 Å². The number of benzene rings is 6. The first-order chi connectivity index (χ1) is 24.1. The van der Waals surface area contributed by atoms with E-state index in [2.05, 4.69) is 199 Å². The minimum absolute atomic E-state index is 0.0323. The van der Waals surface area contributed by atoms with Crippen molar-refractivity contribution in [2.24, 2.45) is 0 Å². The molecule has 0 aromatic heterocycles. The molecule has 2 heteroatoms. The van der Waals surface area contributed by atoms with Crippen molar-refractivity contribution in [3.8, 4) is 0 Å². The van der Waals surface area contributed by atoms with Gasteiger partial charge in [0.1, 0.15) is 0 Å². The average molecular weight is 657 g/mol. The Bertz CT molecular complexity index is 1810. The highest BCUT2D eigenvalue weighted by Gasteiger charge is 2.33. The standard InChI is InChI=1S/C48H52N2/c1-31-19-23-41(35(5)27-31)47(42-24-20-32(2)28-36(42)6)49-45(39-15-11-9-12-16-39)46(40-17-13-10-14-18-40)50-48(43-25-21-33(3)29-37(43)7)44-26-22-34(4)30-38(44)8/h9-30,45-50H,1-8H3/t45-,46-/m0/s1. The maximum atomic E-state index is 4.32. The van der Waals surface area contributed by atoms with Crippen LogP contribution in [0.15, 0.2) is 133 Å². The van der Waals surface area contributed by atoms with Gasteiger partial charge in [-0.3, -0.25) is 10.6 Å². The van der Waals surface area contributed by atoms with Gasteiger partial charge in [0.05, 0.1) is 24.2 Å². The van der Waals surface area contributed by atoms with E-state index in [1.54, 1.807) is 0 Å². The molecule has 0 saturated heterocycles. The van der Waals surface area contributed by atoms with E-state index >= 15 is 0 Å². The smallest absolute Gasteiger partial charge is 0.0587 e. The van der Waals surface area contributed by atoms with Crippen molar-refractivity contribution < 1.29 is 0 Å². The molecular formula is C48H52N2. The molecule has 50 heavy (non-hydrogen) atoms. The van der Waals surface area contributed by atoms with Gasteiger partial charge < -0.3 is 0 Å². The third-order valence-corrected chi connectivity index (χ3v) is 10.3. The van der Waals surface area contributed by atoms with E-state index in [0.29, 0.717) is 0 Å². The zero-order valence-electron chi connectivity index (χ0n) is 31.0. The van der Waals surface area contributed by atoms with E-state index in [0.717, 1.165) is 0 Å². The van der Waals surface area contributed by atoms with Gasteiger partial charge in [0.2, 0.25) is 0 Å². The first-order valence-corrected chi connectivity index (χ1v) is 18.0. The third-order valence-electron chi connectivity index (χ3n) is 10.3. The molecule has 2 nitrogen and oxygen atoms in total. The molecule has 6 aromatic carbocycles. The molecule has 0 radical (unpaired) electrons. The topological polar surface area (TPSA) is 24.1 Å². The zero-order valence-corrected chi connectivity index (χ0v) is 31.0. The SMILES string of the molecule is Cc1ccc(C(N[C@@H](c2ccccc2)[C@@H](NC(c2ccc(C)cc2C)c2ccc(C)cc2C)c2ccccc2)c2ccc(C)cc2C)c(C)c1. The fraction of sp³-hybridized carbons (Fsp3) is 0.250. The van der Waals surface area contributed by atoms with Gasteiger partial charge >= 0.3 is 0 Å². The molecule has 0 heterocycles. The summed E-state index contributed by atoms with van der Waals surface area (Å²) in [5, 5.41) is 8.63. The van der Waals surface area contributed by atoms with Gasteiger partial charge in [0, 0.05) is 0 Å². The van der Waals surface area contributed by atoms with Crippen molar-refractivity contribution in [2.75, 3.05) is 0 Å². The lowest BCUT2D eigenvalue weighted by atomic mass is 9.85. The summed E-state index contributed by atoms with van der Waals surface area (Å²) >= 11 is 0. The molecule has 0 saturated carbocycles. The van der Waals surface area contributed by atoms with Crippen molar-refractivity contribution >= 4 is 0 Å². The number of aryl methyl sites for hydroxylation is 8. The van der Waals surface area contributed by atoms with Gasteiger partial charge in [-0.25, -0.2) is 0 Å². The van der Waals surface area contributed by atoms with Gasteiger partial charge in [0.25, 0.3) is 0 Å². The monoisotopic (exact) mass is 656 g/mol. The van der Waals surface area contributed by atoms with Crippen LogP contribution < -0.4 is 10.6 Å². The summed E-state index contributed by atoms with van der Waals surface area (Å²) in [4.78, 5) is 0. The van der Waals surface area contributed by atoms with Crippen LogP contribution in [-0.2, 0) is 0 Å². The van der Waals surface area contributed by atoms with E-state index in [1.165, 1.54) is 77.9 Å². The molecule has 0 aliphatic rings. The Labute approximate surface area is 300 Å². The fourth-order valence-electron chi connectivity index (χ4n) is 7.74. The van der Waals surface area contributed by atoms with Gasteiger partial charge in [0.15, 0.2) is 0 Å². The molecule has 6 rings (SSSR count). The summed E-state index contributed by atoms with van der Waals surface area (Å²) in [6.45, 7) is 17.7. The van der Waals surface area contributed by atoms with Crippen LogP contribution >= 0.6 is 0 Å². The predicted octanol–water partition coefficient (Wildman–Crippen LogP) is 11.7. The highest BCUT2D eigenvalue weighted by atomic mass is 15.1. The van der Waals surface area contributed by atoms with Gasteiger partial charge in [-0.2, -0.15) is 0 Å². The summed E-state index contributed by atoms with van der Waals surface area (Å²) in [6, 6.07) is 49.3. The van der Waals surface area contributed by atoms with Gasteiger partial charge in [-0.15, -0.1) is 0 Å². The Morgan fingerprint density at radius 3 is 0.820 bits per heavy atom. The largest absolute Gasteiger partial charge is 0.298 e. The Morgan fingerprint density at radius 1 is 0.320 bits per heavy atom. The van der Waals surface area contributed by atoms with Crippen LogP contribution in [0.5, 0.6) is 0 Å². The van der Waals surface area contributed by atoms with Crippen LogP contribution in [-0.4, -0.2) is 0 Å². The quantitative estimate of drug-likeness (QED) is 0.145. The molecule has 0 spiro atoms. The van der Waals surface area contributed by atoms with Crippen LogP contribution in [0, 0.1) is 55.4 Å². The molecule has 0 aliphatic heterocycles. The molecule has 0 aliphatic carbocycles. The molecule has 0 bridgehead atoms. The highest BCUT2D eigenvalue weighted by Crippen LogP contribution is 2.39. The maximum absolute atomic E-state index is 4.32. The van der Waals surface area contributed by atoms with Gasteiger partial charge in [-0.05, 0) is 111 Å². The van der Waals surface area contributed by atoms with Crippen LogP contribution in [0.2, 0.25) is 0 Å². The summed E-state index contributed by atoms with van der Waals surface area (Å²) in [5.74, 6) is 0. The lowest BCUT2D eigenvalue weighted by Gasteiger charge is -2.38. The Balaban J connectivity index is 1.57. The second-order valence-electron chi connectivity index (χ2n) is 14.4. The van der Waals surface area contributed by atoms with Crippen molar-refractivity contribution in [3.63, 3.8) is 0 Å². The molecular weight excluding hydrogens is 605 g/mol. The molecule has 2 N–H and O–H groups in total. The number of hydrogen-bond donors (Lipinski definition) is 2. The van der Waals surface area contributed by atoms with E-state index in [4.69, 9.17) is 0 Å².